The van der Waals surface area contributed by atoms with E-state index in [0.29, 0.717) is 0 Å². The summed E-state index contributed by atoms with van der Waals surface area (Å²) >= 11 is 5.84. The Balaban J connectivity index is 3.31. The Morgan fingerprint density at radius 1 is 1.44 bits per heavy atom. The molecular formula is C14H13ClFNO. The fourth-order valence-corrected chi connectivity index (χ4v) is 1.56. The smallest absolute Gasteiger partial charge is 0.178 e. The molecule has 1 aromatic rings. The molecule has 0 atom stereocenters. The van der Waals surface area contributed by atoms with Crippen LogP contribution in [0.25, 0.3) is 6.08 Å². The van der Waals surface area contributed by atoms with Crippen molar-refractivity contribution in [3.63, 3.8) is 0 Å². The molecule has 0 spiro atoms. The lowest BCUT2D eigenvalue weighted by Gasteiger charge is -2.15. The third kappa shape index (κ3) is 3.18. The van der Waals surface area contributed by atoms with E-state index in [-0.39, 0.29) is 21.9 Å². The van der Waals surface area contributed by atoms with Crippen LogP contribution in [0, 0.1) is 22.6 Å². The topological polar surface area (TPSA) is 40.9 Å². The number of hydrogen-bond donors (Lipinski definition) is 0. The van der Waals surface area contributed by atoms with Crippen LogP contribution < -0.4 is 0 Å². The molecule has 0 aliphatic heterocycles. The van der Waals surface area contributed by atoms with Gasteiger partial charge in [0.2, 0.25) is 0 Å². The van der Waals surface area contributed by atoms with Crippen molar-refractivity contribution in [2.45, 2.75) is 20.8 Å². The molecule has 18 heavy (non-hydrogen) atoms. The number of allylic oxidation sites excluding steroid dienone is 1. The highest BCUT2D eigenvalue weighted by atomic mass is 35.5. The van der Waals surface area contributed by atoms with Crippen molar-refractivity contribution in [2.75, 3.05) is 0 Å². The average Bonchev–Trinajstić information content (AvgIpc) is 2.27. The quantitative estimate of drug-likeness (QED) is 0.599. The van der Waals surface area contributed by atoms with Crippen LogP contribution in [-0.2, 0) is 4.79 Å². The van der Waals surface area contributed by atoms with Gasteiger partial charge in [-0.25, -0.2) is 4.39 Å². The Hall–Kier alpha value is -1.66. The highest BCUT2D eigenvalue weighted by Gasteiger charge is 2.25. The number of nitrogens with zero attached hydrogens (tertiary/aromatic N) is 1. The van der Waals surface area contributed by atoms with Crippen molar-refractivity contribution < 1.29 is 9.18 Å². The molecule has 2 nitrogen and oxygen atoms in total. The molecule has 94 valence electrons. The molecule has 0 N–H and O–H groups in total. The van der Waals surface area contributed by atoms with Crippen LogP contribution in [0.2, 0.25) is 5.02 Å². The SMILES string of the molecule is CC(C)(C)C(=O)/C(C#N)=C/c1c(F)cccc1Cl. The molecule has 0 amide bonds. The van der Waals surface area contributed by atoms with E-state index in [1.54, 1.807) is 26.8 Å². The van der Waals surface area contributed by atoms with Gasteiger partial charge in [0, 0.05) is 11.0 Å². The molecular weight excluding hydrogens is 253 g/mol. The van der Waals surface area contributed by atoms with Gasteiger partial charge in [0.1, 0.15) is 11.9 Å². The number of halogens is 2. The summed E-state index contributed by atoms with van der Waals surface area (Å²) in [6.07, 6.45) is 1.20. The summed E-state index contributed by atoms with van der Waals surface area (Å²) in [5, 5.41) is 9.17. The van der Waals surface area contributed by atoms with E-state index in [1.807, 2.05) is 0 Å². The zero-order valence-corrected chi connectivity index (χ0v) is 11.2. The minimum atomic E-state index is -0.695. The molecule has 0 saturated carbocycles. The normalized spacial score (nSPS) is 12.1. The first-order chi connectivity index (χ1) is 8.27. The molecule has 0 fully saturated rings. The molecule has 0 radical (unpaired) electrons. The van der Waals surface area contributed by atoms with E-state index >= 15 is 0 Å². The van der Waals surface area contributed by atoms with E-state index in [1.165, 1.54) is 24.3 Å². The second-order valence-electron chi connectivity index (χ2n) is 4.88. The summed E-state index contributed by atoms with van der Waals surface area (Å²) in [4.78, 5) is 12.0. The largest absolute Gasteiger partial charge is 0.293 e. The van der Waals surface area contributed by atoms with Gasteiger partial charge in [0.05, 0.1) is 10.6 Å². The highest BCUT2D eigenvalue weighted by molar-refractivity contribution is 6.32. The first-order valence-corrected chi connectivity index (χ1v) is 5.76. The third-order valence-corrected chi connectivity index (χ3v) is 2.66. The Kier molecular flexibility index (Phi) is 4.26. The lowest BCUT2D eigenvalue weighted by molar-refractivity contribution is -0.121. The van der Waals surface area contributed by atoms with Crippen molar-refractivity contribution in [1.29, 1.82) is 5.26 Å². The predicted molar refractivity (Wildman–Crippen MR) is 69.5 cm³/mol. The summed E-state index contributed by atoms with van der Waals surface area (Å²) in [5.74, 6) is -0.902. The van der Waals surface area contributed by atoms with Crippen LogP contribution in [0.5, 0.6) is 0 Å². The molecule has 0 bridgehead atoms. The average molecular weight is 266 g/mol. The minimum Gasteiger partial charge on any atom is -0.293 e. The number of carbonyl (C=O) groups is 1. The van der Waals surface area contributed by atoms with Crippen LogP contribution >= 0.6 is 11.6 Å². The predicted octanol–water partition coefficient (Wildman–Crippen LogP) is 4.00. The van der Waals surface area contributed by atoms with Gasteiger partial charge in [0.15, 0.2) is 5.78 Å². The molecule has 0 aromatic heterocycles. The van der Waals surface area contributed by atoms with Gasteiger partial charge in [-0.3, -0.25) is 4.79 Å². The van der Waals surface area contributed by atoms with Crippen LogP contribution in [0.15, 0.2) is 23.8 Å². The molecule has 1 aromatic carbocycles. The maximum absolute atomic E-state index is 13.6. The van der Waals surface area contributed by atoms with Crippen LogP contribution in [0.4, 0.5) is 4.39 Å². The van der Waals surface area contributed by atoms with Gasteiger partial charge in [-0.15, -0.1) is 0 Å². The van der Waals surface area contributed by atoms with E-state index in [4.69, 9.17) is 16.9 Å². The van der Waals surface area contributed by atoms with Crippen molar-refractivity contribution in [1.82, 2.24) is 0 Å². The van der Waals surface area contributed by atoms with Crippen molar-refractivity contribution in [3.05, 3.63) is 40.2 Å². The van der Waals surface area contributed by atoms with E-state index in [9.17, 15) is 9.18 Å². The molecule has 0 aliphatic carbocycles. The van der Waals surface area contributed by atoms with E-state index in [0.717, 1.165) is 0 Å². The maximum atomic E-state index is 13.6. The zero-order valence-electron chi connectivity index (χ0n) is 10.4. The monoisotopic (exact) mass is 265 g/mol. The van der Waals surface area contributed by atoms with Gasteiger partial charge >= 0.3 is 0 Å². The number of rotatable bonds is 2. The minimum absolute atomic E-state index is 0.0633. The first kappa shape index (κ1) is 14.4. The zero-order chi connectivity index (χ0) is 13.9. The van der Waals surface area contributed by atoms with Crippen molar-refractivity contribution >= 4 is 23.5 Å². The third-order valence-electron chi connectivity index (χ3n) is 2.33. The van der Waals surface area contributed by atoms with Gasteiger partial charge in [-0.2, -0.15) is 5.26 Å². The summed E-state index contributed by atoms with van der Waals surface area (Å²) in [5.41, 5.74) is -0.734. The van der Waals surface area contributed by atoms with Gasteiger partial charge in [-0.1, -0.05) is 38.4 Å². The van der Waals surface area contributed by atoms with E-state index < -0.39 is 11.2 Å². The maximum Gasteiger partial charge on any atom is 0.178 e. The van der Waals surface area contributed by atoms with Gasteiger partial charge in [0.25, 0.3) is 0 Å². The number of Topliss-reactive ketones (excluding diaryl/α,β-unsaturated/α-hetero) is 1. The lowest BCUT2D eigenvalue weighted by Crippen LogP contribution is -2.21. The summed E-state index contributed by atoms with van der Waals surface area (Å²) in [6.45, 7) is 5.09. The summed E-state index contributed by atoms with van der Waals surface area (Å²) < 4.78 is 13.6. The second kappa shape index (κ2) is 5.32. The van der Waals surface area contributed by atoms with Crippen LogP contribution in [0.1, 0.15) is 26.3 Å². The van der Waals surface area contributed by atoms with Gasteiger partial charge < -0.3 is 0 Å². The van der Waals surface area contributed by atoms with Crippen LogP contribution in [-0.4, -0.2) is 5.78 Å². The first-order valence-electron chi connectivity index (χ1n) is 5.38. The fraction of sp³-hybridized carbons (Fsp3) is 0.286. The van der Waals surface area contributed by atoms with Crippen molar-refractivity contribution in [3.8, 4) is 6.07 Å². The molecule has 4 heteroatoms. The fourth-order valence-electron chi connectivity index (χ4n) is 1.35. The Labute approximate surface area is 111 Å². The standard InChI is InChI=1S/C14H13ClFNO/c1-14(2,3)13(18)9(8-17)7-10-11(15)5-4-6-12(10)16/h4-7H,1-3H3/b9-7+. The highest BCUT2D eigenvalue weighted by Crippen LogP contribution is 2.25. The van der Waals surface area contributed by atoms with Gasteiger partial charge in [-0.05, 0) is 18.2 Å². The number of benzene rings is 1. The van der Waals surface area contributed by atoms with E-state index in [2.05, 4.69) is 0 Å². The van der Waals surface area contributed by atoms with Crippen molar-refractivity contribution in [2.24, 2.45) is 5.41 Å². The molecule has 0 aliphatic rings. The van der Waals surface area contributed by atoms with Crippen LogP contribution in [0.3, 0.4) is 0 Å². The lowest BCUT2D eigenvalue weighted by atomic mass is 9.86. The Morgan fingerprint density at radius 2 is 2.06 bits per heavy atom. The number of nitriles is 1. The molecule has 0 heterocycles. The molecule has 1 rings (SSSR count). The number of hydrogen-bond acceptors (Lipinski definition) is 2. The Bertz CT molecular complexity index is 530. The summed E-state index contributed by atoms with van der Waals surface area (Å²) in [7, 11) is 0. The Morgan fingerprint density at radius 3 is 2.50 bits per heavy atom. The summed E-state index contributed by atoms with van der Waals surface area (Å²) in [6, 6.07) is 6.00. The molecule has 0 saturated heterocycles. The molecule has 0 unspecified atom stereocenters. The second-order valence-corrected chi connectivity index (χ2v) is 5.29. The number of ketones is 1. The number of carbonyl (C=O) groups excluding carboxylic acids is 1.